The van der Waals surface area contributed by atoms with Gasteiger partial charge in [-0.2, -0.15) is 0 Å². The average Bonchev–Trinajstić information content (AvgIpc) is 3.07. The van der Waals surface area contributed by atoms with E-state index in [0.717, 1.165) is 24.2 Å². The number of piperidine rings is 1. The number of hydrogen-bond donors (Lipinski definition) is 0. The Kier molecular flexibility index (Phi) is 5.13. The number of rotatable bonds is 3. The Morgan fingerprint density at radius 3 is 2.64 bits per heavy atom. The number of amides is 2. The molecule has 2 heterocycles. The average molecular weight is 342 g/mol. The molecule has 0 saturated carbocycles. The van der Waals surface area contributed by atoms with Gasteiger partial charge in [0, 0.05) is 32.6 Å². The van der Waals surface area contributed by atoms with Crippen LogP contribution in [0.1, 0.15) is 32.3 Å². The molecule has 1 fully saturated rings. The molecule has 3 rings (SSSR count). The smallest absolute Gasteiger partial charge is 0.299 e. The molecular weight excluding hydrogens is 320 g/mol. The molecule has 0 aliphatic carbocycles. The Labute approximate surface area is 147 Å². The Morgan fingerprint density at radius 1 is 1.24 bits per heavy atom. The fourth-order valence-electron chi connectivity index (χ4n) is 3.27. The van der Waals surface area contributed by atoms with Crippen molar-refractivity contribution in [2.45, 2.75) is 39.3 Å². The summed E-state index contributed by atoms with van der Waals surface area (Å²) in [4.78, 5) is 27.7. The van der Waals surface area contributed by atoms with Crippen molar-refractivity contribution in [2.24, 2.45) is 0 Å². The fraction of sp³-hybridized carbons (Fsp3) is 0.474. The molecule has 0 atom stereocenters. The van der Waals surface area contributed by atoms with E-state index in [-0.39, 0.29) is 24.6 Å². The van der Waals surface area contributed by atoms with E-state index in [4.69, 9.17) is 9.47 Å². The maximum Gasteiger partial charge on any atom is 0.299 e. The van der Waals surface area contributed by atoms with E-state index in [1.807, 2.05) is 28.0 Å². The van der Waals surface area contributed by atoms with Gasteiger partial charge in [-0.25, -0.2) is 0 Å². The summed E-state index contributed by atoms with van der Waals surface area (Å²) in [5, 5.41) is 0. The number of fused-ring (bicyclic) bond motifs is 1. The summed E-state index contributed by atoms with van der Waals surface area (Å²) in [6.07, 6.45) is 1.53. The minimum absolute atomic E-state index is 0.0781. The first kappa shape index (κ1) is 17.2. The molecule has 2 aliphatic rings. The lowest BCUT2D eigenvalue weighted by Gasteiger charge is -2.37. The minimum atomic E-state index is -0.179. The lowest BCUT2D eigenvalue weighted by molar-refractivity contribution is -0.132. The van der Waals surface area contributed by atoms with Crippen molar-refractivity contribution in [3.8, 4) is 23.3 Å². The van der Waals surface area contributed by atoms with Gasteiger partial charge in [0.05, 0.1) is 0 Å². The van der Waals surface area contributed by atoms with Crippen LogP contribution in [0.5, 0.6) is 11.5 Å². The van der Waals surface area contributed by atoms with Gasteiger partial charge < -0.3 is 19.3 Å². The van der Waals surface area contributed by atoms with E-state index >= 15 is 0 Å². The fourth-order valence-corrected chi connectivity index (χ4v) is 3.27. The topological polar surface area (TPSA) is 59.1 Å². The summed E-state index contributed by atoms with van der Waals surface area (Å²) in [6, 6.07) is 5.80. The van der Waals surface area contributed by atoms with Gasteiger partial charge in [-0.15, -0.1) is 0 Å². The predicted octanol–water partition coefficient (Wildman–Crippen LogP) is 1.78. The lowest BCUT2D eigenvalue weighted by atomic mass is 10.0. The van der Waals surface area contributed by atoms with E-state index in [2.05, 4.69) is 11.8 Å². The molecule has 0 radical (unpaired) electrons. The number of carbonyl (C=O) groups excluding carboxylic acids is 2. The summed E-state index contributed by atoms with van der Waals surface area (Å²) < 4.78 is 10.7. The van der Waals surface area contributed by atoms with Gasteiger partial charge in [-0.05, 0) is 43.4 Å². The summed E-state index contributed by atoms with van der Waals surface area (Å²) in [6.45, 7) is 5.28. The highest BCUT2D eigenvalue weighted by molar-refractivity contribution is 5.93. The van der Waals surface area contributed by atoms with Crippen LogP contribution in [-0.2, 0) is 16.1 Å². The minimum Gasteiger partial charge on any atom is -0.454 e. The summed E-state index contributed by atoms with van der Waals surface area (Å²) in [5.41, 5.74) is 0.976. The highest BCUT2D eigenvalue weighted by Gasteiger charge is 2.28. The number of likely N-dealkylation sites (tertiary alicyclic amines) is 1. The van der Waals surface area contributed by atoms with Gasteiger partial charge in [0.15, 0.2) is 11.5 Å². The first-order valence-electron chi connectivity index (χ1n) is 8.46. The quantitative estimate of drug-likeness (QED) is 0.786. The van der Waals surface area contributed by atoms with Crippen molar-refractivity contribution in [3.63, 3.8) is 0 Å². The second-order valence-corrected chi connectivity index (χ2v) is 6.23. The number of benzene rings is 1. The third-order valence-electron chi connectivity index (χ3n) is 4.63. The molecule has 0 N–H and O–H groups in total. The molecule has 0 aromatic heterocycles. The van der Waals surface area contributed by atoms with Crippen LogP contribution in [-0.4, -0.2) is 47.5 Å². The molecule has 6 nitrogen and oxygen atoms in total. The zero-order valence-corrected chi connectivity index (χ0v) is 14.6. The molecule has 2 aliphatic heterocycles. The number of carbonyl (C=O) groups is 2. The zero-order valence-electron chi connectivity index (χ0n) is 14.6. The molecule has 1 saturated heterocycles. The normalized spacial score (nSPS) is 16.2. The summed E-state index contributed by atoms with van der Waals surface area (Å²) in [7, 11) is 0. The van der Waals surface area contributed by atoms with Crippen molar-refractivity contribution in [3.05, 3.63) is 23.8 Å². The van der Waals surface area contributed by atoms with Gasteiger partial charge in [-0.1, -0.05) is 12.0 Å². The number of hydrogen-bond acceptors (Lipinski definition) is 4. The second kappa shape index (κ2) is 7.47. The molecule has 2 amide bonds. The third-order valence-corrected chi connectivity index (χ3v) is 4.63. The van der Waals surface area contributed by atoms with Gasteiger partial charge >= 0.3 is 0 Å². The molecule has 25 heavy (non-hydrogen) atoms. The van der Waals surface area contributed by atoms with Crippen molar-refractivity contribution < 1.29 is 19.1 Å². The largest absolute Gasteiger partial charge is 0.454 e. The van der Waals surface area contributed by atoms with Gasteiger partial charge in [0.1, 0.15) is 0 Å². The van der Waals surface area contributed by atoms with Gasteiger partial charge in [0.25, 0.3) is 5.91 Å². The highest BCUT2D eigenvalue weighted by Crippen LogP contribution is 2.33. The van der Waals surface area contributed by atoms with E-state index in [1.54, 1.807) is 13.8 Å². The monoisotopic (exact) mass is 342 g/mol. The van der Waals surface area contributed by atoms with Crippen LogP contribution in [0.3, 0.4) is 0 Å². The van der Waals surface area contributed by atoms with Crippen molar-refractivity contribution >= 4 is 11.8 Å². The number of nitrogens with zero attached hydrogens (tertiary/aromatic N) is 2. The van der Waals surface area contributed by atoms with Crippen molar-refractivity contribution in [2.75, 3.05) is 19.9 Å². The summed E-state index contributed by atoms with van der Waals surface area (Å²) >= 11 is 0. The first-order chi connectivity index (χ1) is 12.1. The Morgan fingerprint density at radius 2 is 1.96 bits per heavy atom. The first-order valence-corrected chi connectivity index (χ1v) is 8.46. The van der Waals surface area contributed by atoms with Crippen LogP contribution < -0.4 is 9.47 Å². The maximum absolute atomic E-state index is 12.5. The van der Waals surface area contributed by atoms with Crippen LogP contribution in [0.4, 0.5) is 0 Å². The van der Waals surface area contributed by atoms with E-state index < -0.39 is 0 Å². The van der Waals surface area contributed by atoms with E-state index in [0.29, 0.717) is 25.4 Å². The third kappa shape index (κ3) is 3.87. The molecule has 0 spiro atoms. The van der Waals surface area contributed by atoms with Crippen LogP contribution in [0.2, 0.25) is 0 Å². The lowest BCUT2D eigenvalue weighted by Crippen LogP contribution is -2.47. The maximum atomic E-state index is 12.5. The summed E-state index contributed by atoms with van der Waals surface area (Å²) in [5.74, 6) is 6.68. The zero-order chi connectivity index (χ0) is 17.8. The standard InChI is InChI=1S/C19H22N2O4/c1-3-4-19(23)21(16-7-9-20(10-8-16)14(2)22)12-15-5-6-17-18(11-15)25-13-24-17/h5-6,11,16H,7-10,12-13H2,1-2H3. The highest BCUT2D eigenvalue weighted by atomic mass is 16.7. The van der Waals surface area contributed by atoms with Crippen LogP contribution in [0.25, 0.3) is 0 Å². The predicted molar refractivity (Wildman–Crippen MR) is 91.8 cm³/mol. The molecule has 0 unspecified atom stereocenters. The molecule has 6 heteroatoms. The van der Waals surface area contributed by atoms with Gasteiger partial charge in [0.2, 0.25) is 12.7 Å². The SMILES string of the molecule is CC#CC(=O)N(Cc1ccc2c(c1)OCO2)C1CCN(C(C)=O)CC1. The van der Waals surface area contributed by atoms with Crippen molar-refractivity contribution in [1.82, 2.24) is 9.80 Å². The van der Waals surface area contributed by atoms with Crippen LogP contribution in [0, 0.1) is 11.8 Å². The molecule has 1 aromatic carbocycles. The van der Waals surface area contributed by atoms with Crippen LogP contribution >= 0.6 is 0 Å². The Balaban J connectivity index is 1.75. The molecule has 0 bridgehead atoms. The van der Waals surface area contributed by atoms with Crippen LogP contribution in [0.15, 0.2) is 18.2 Å². The molecule has 1 aromatic rings. The van der Waals surface area contributed by atoms with Crippen molar-refractivity contribution in [1.29, 1.82) is 0 Å². The van der Waals surface area contributed by atoms with E-state index in [1.165, 1.54) is 0 Å². The number of ether oxygens (including phenoxy) is 2. The van der Waals surface area contributed by atoms with E-state index in [9.17, 15) is 9.59 Å². The molecular formula is C19H22N2O4. The van der Waals surface area contributed by atoms with Gasteiger partial charge in [-0.3, -0.25) is 9.59 Å². The Bertz CT molecular complexity index is 727. The Hall–Kier alpha value is -2.68. The second-order valence-electron chi connectivity index (χ2n) is 6.23. The molecule has 132 valence electrons.